The summed E-state index contributed by atoms with van der Waals surface area (Å²) in [6, 6.07) is 0. The summed E-state index contributed by atoms with van der Waals surface area (Å²) in [5.41, 5.74) is -0.472. The van der Waals surface area contributed by atoms with Crippen LogP contribution < -0.4 is 18.3 Å². The molecule has 0 aliphatic heterocycles. The Hall–Kier alpha value is 0.170. The van der Waals surface area contributed by atoms with E-state index in [1.807, 2.05) is 0 Å². The van der Waals surface area contributed by atoms with Crippen molar-refractivity contribution in [2.45, 2.75) is 19.4 Å². The zero-order valence-corrected chi connectivity index (χ0v) is 5.90. The summed E-state index contributed by atoms with van der Waals surface area (Å²) in [6.07, 6.45) is 0. The molecule has 0 rings (SSSR count). The van der Waals surface area contributed by atoms with Crippen molar-refractivity contribution in [1.29, 1.82) is 0 Å². The highest BCUT2D eigenvalue weighted by molar-refractivity contribution is 4.61. The predicted octanol–water partition coefficient (Wildman–Crippen LogP) is -4.07. The molecule has 0 aromatic rings. The van der Waals surface area contributed by atoms with E-state index in [-0.39, 0.29) is 19.0 Å². The van der Waals surface area contributed by atoms with Crippen LogP contribution in [0, 0.1) is 0 Å². The van der Waals surface area contributed by atoms with Gasteiger partial charge in [0, 0.05) is 0 Å². The minimum absolute atomic E-state index is 0. The molecule has 0 saturated carbocycles. The van der Waals surface area contributed by atoms with Crippen LogP contribution in [0.2, 0.25) is 0 Å². The molecule has 0 saturated heterocycles. The van der Waals surface area contributed by atoms with Gasteiger partial charge in [-0.2, -0.15) is 4.84 Å². The van der Waals surface area contributed by atoms with Gasteiger partial charge >= 0.3 is 0 Å². The van der Waals surface area contributed by atoms with Gasteiger partial charge in [-0.15, -0.1) is 0 Å². The fourth-order valence-electron chi connectivity index (χ4n) is 0.0456. The van der Waals surface area contributed by atoms with Crippen LogP contribution in [-0.4, -0.2) is 17.3 Å². The Bertz CT molecular complexity index is 52.0. The molecular formula is C4H12ClNO2. The highest BCUT2D eigenvalue weighted by Crippen LogP contribution is 2.00. The molecule has 0 heterocycles. The fourth-order valence-corrected chi connectivity index (χ4v) is 0.0456. The lowest BCUT2D eigenvalue weighted by molar-refractivity contribution is -0.716. The molecular weight excluding hydrogens is 130 g/mol. The smallest absolute Gasteiger partial charge is 0.144 e. The van der Waals surface area contributed by atoms with Gasteiger partial charge in [0.05, 0.1) is 6.61 Å². The minimum Gasteiger partial charge on any atom is -1.00 e. The summed E-state index contributed by atoms with van der Waals surface area (Å²) in [7, 11) is 0. The molecule has 0 unspecified atom stereocenters. The first kappa shape index (κ1) is 11.0. The average Bonchev–Trinajstić information content (AvgIpc) is 1.68. The normalized spacial score (nSPS) is 10.5. The van der Waals surface area contributed by atoms with Crippen molar-refractivity contribution in [3.8, 4) is 0 Å². The molecule has 0 bridgehead atoms. The van der Waals surface area contributed by atoms with Gasteiger partial charge < -0.3 is 17.5 Å². The highest BCUT2D eigenvalue weighted by atomic mass is 35.5. The van der Waals surface area contributed by atoms with Crippen molar-refractivity contribution in [1.82, 2.24) is 0 Å². The largest absolute Gasteiger partial charge is 1.00 e. The van der Waals surface area contributed by atoms with E-state index >= 15 is 0 Å². The summed E-state index contributed by atoms with van der Waals surface area (Å²) < 4.78 is 0. The number of aliphatic hydroxyl groups is 1. The summed E-state index contributed by atoms with van der Waals surface area (Å²) in [6.45, 7) is 3.54. The van der Waals surface area contributed by atoms with E-state index in [4.69, 9.17) is 5.11 Å². The van der Waals surface area contributed by atoms with Gasteiger partial charge in [0.25, 0.3) is 0 Å². The molecule has 3 nitrogen and oxygen atoms in total. The van der Waals surface area contributed by atoms with Crippen LogP contribution >= 0.6 is 0 Å². The number of hydrogen-bond donors (Lipinski definition) is 2. The summed E-state index contributed by atoms with van der Waals surface area (Å²) in [5.74, 6) is 3.17. The highest BCUT2D eigenvalue weighted by Gasteiger charge is 2.17. The Morgan fingerprint density at radius 2 is 2.00 bits per heavy atom. The SMILES string of the molecule is CC(C)(CO)O[NH3+].[Cl-]. The number of rotatable bonds is 2. The summed E-state index contributed by atoms with van der Waals surface area (Å²) >= 11 is 0. The van der Waals surface area contributed by atoms with E-state index in [9.17, 15) is 0 Å². The van der Waals surface area contributed by atoms with E-state index in [1.54, 1.807) is 13.8 Å². The number of halogens is 1. The van der Waals surface area contributed by atoms with Crippen molar-refractivity contribution in [3.05, 3.63) is 0 Å². The zero-order valence-electron chi connectivity index (χ0n) is 5.15. The molecule has 0 amide bonds. The maximum absolute atomic E-state index is 8.43. The van der Waals surface area contributed by atoms with E-state index in [0.29, 0.717) is 0 Å². The summed E-state index contributed by atoms with van der Waals surface area (Å²) in [4.78, 5) is 4.59. The van der Waals surface area contributed by atoms with Crippen LogP contribution in [0.15, 0.2) is 0 Å². The van der Waals surface area contributed by atoms with Crippen molar-refractivity contribution < 1.29 is 28.2 Å². The zero-order chi connectivity index (χ0) is 5.91. The van der Waals surface area contributed by atoms with E-state index in [2.05, 4.69) is 10.7 Å². The van der Waals surface area contributed by atoms with Gasteiger partial charge in [-0.05, 0) is 13.8 Å². The molecule has 0 aromatic heterocycles. The van der Waals surface area contributed by atoms with E-state index in [1.165, 1.54) is 0 Å². The molecule has 0 radical (unpaired) electrons. The molecule has 0 spiro atoms. The van der Waals surface area contributed by atoms with Gasteiger partial charge in [-0.25, -0.2) is 5.90 Å². The van der Waals surface area contributed by atoms with Crippen LogP contribution in [0.3, 0.4) is 0 Å². The number of hydrogen-bond acceptors (Lipinski definition) is 2. The van der Waals surface area contributed by atoms with Crippen molar-refractivity contribution in [2.75, 3.05) is 6.61 Å². The number of quaternary nitrogens is 1. The molecule has 8 heavy (non-hydrogen) atoms. The Labute approximate surface area is 55.2 Å². The molecule has 4 heteroatoms. The molecule has 0 fully saturated rings. The third-order valence-corrected chi connectivity index (χ3v) is 0.772. The van der Waals surface area contributed by atoms with Gasteiger partial charge in [0.1, 0.15) is 5.60 Å². The lowest BCUT2D eigenvalue weighted by Gasteiger charge is -2.13. The molecule has 0 aromatic carbocycles. The Kier molecular flexibility index (Phi) is 5.64. The second kappa shape index (κ2) is 4.09. The molecule has 0 atom stereocenters. The maximum Gasteiger partial charge on any atom is 0.144 e. The fraction of sp³-hybridized carbons (Fsp3) is 1.00. The van der Waals surface area contributed by atoms with Gasteiger partial charge in [0.15, 0.2) is 0 Å². The first-order valence-electron chi connectivity index (χ1n) is 2.16. The predicted molar refractivity (Wildman–Crippen MR) is 25.1 cm³/mol. The lowest BCUT2D eigenvalue weighted by Crippen LogP contribution is -3.00. The van der Waals surface area contributed by atoms with Crippen LogP contribution in [0.1, 0.15) is 13.8 Å². The van der Waals surface area contributed by atoms with Crippen LogP contribution in [0.25, 0.3) is 0 Å². The van der Waals surface area contributed by atoms with Crippen molar-refractivity contribution in [3.63, 3.8) is 0 Å². The number of aliphatic hydroxyl groups excluding tert-OH is 1. The monoisotopic (exact) mass is 141 g/mol. The molecule has 0 aliphatic rings. The maximum atomic E-state index is 8.43. The van der Waals surface area contributed by atoms with Crippen LogP contribution in [0.4, 0.5) is 0 Å². The van der Waals surface area contributed by atoms with Crippen LogP contribution in [0.5, 0.6) is 0 Å². The standard InChI is InChI=1S/C4H12NO2.ClH/c1-4(2,3-6)7-5;/h6H,3H2,1-2,5H3;1H/q+1;/p-1. The second-order valence-corrected chi connectivity index (χ2v) is 2.06. The Morgan fingerprint density at radius 1 is 1.62 bits per heavy atom. The molecule has 4 N–H and O–H groups in total. The lowest BCUT2D eigenvalue weighted by atomic mass is 10.2. The Balaban J connectivity index is 0. The quantitative estimate of drug-likeness (QED) is 0.385. The van der Waals surface area contributed by atoms with Gasteiger partial charge in [0.2, 0.25) is 0 Å². The van der Waals surface area contributed by atoms with Crippen LogP contribution in [-0.2, 0) is 4.84 Å². The summed E-state index contributed by atoms with van der Waals surface area (Å²) in [5, 5.41) is 8.43. The molecule has 52 valence electrons. The van der Waals surface area contributed by atoms with E-state index in [0.717, 1.165) is 0 Å². The van der Waals surface area contributed by atoms with Gasteiger partial charge in [-0.3, -0.25) is 0 Å². The first-order valence-corrected chi connectivity index (χ1v) is 2.16. The Morgan fingerprint density at radius 3 is 2.00 bits per heavy atom. The minimum atomic E-state index is -0.472. The first-order chi connectivity index (χ1) is 3.12. The second-order valence-electron chi connectivity index (χ2n) is 2.06. The average molecular weight is 142 g/mol. The third-order valence-electron chi connectivity index (χ3n) is 0.772. The van der Waals surface area contributed by atoms with Crippen molar-refractivity contribution >= 4 is 0 Å². The topological polar surface area (TPSA) is 57.1 Å². The van der Waals surface area contributed by atoms with E-state index < -0.39 is 5.60 Å². The van der Waals surface area contributed by atoms with Crippen molar-refractivity contribution in [2.24, 2.45) is 0 Å². The third kappa shape index (κ3) is 4.33. The molecule has 0 aliphatic carbocycles. The van der Waals surface area contributed by atoms with Gasteiger partial charge in [-0.1, -0.05) is 0 Å².